The van der Waals surface area contributed by atoms with Crippen LogP contribution < -0.4 is 15.7 Å². The number of non-ortho nitro benzene ring substituents is 1. The Morgan fingerprint density at radius 2 is 1.74 bits per heavy atom. The molecule has 8 nitrogen and oxygen atoms in total. The fourth-order valence-corrected chi connectivity index (χ4v) is 3.43. The molecule has 0 radical (unpaired) electrons. The second kappa shape index (κ2) is 6.54. The van der Waals surface area contributed by atoms with Crippen molar-refractivity contribution in [1.29, 1.82) is 0 Å². The van der Waals surface area contributed by atoms with Crippen molar-refractivity contribution >= 4 is 28.1 Å². The van der Waals surface area contributed by atoms with E-state index in [1.165, 1.54) is 12.1 Å². The molecule has 4 rings (SSSR count). The van der Waals surface area contributed by atoms with Gasteiger partial charge in [-0.2, -0.15) is 14.6 Å². The van der Waals surface area contributed by atoms with Gasteiger partial charge >= 0.3 is 5.56 Å². The van der Waals surface area contributed by atoms with Gasteiger partial charge in [0.05, 0.1) is 9.46 Å². The maximum atomic E-state index is 12.6. The summed E-state index contributed by atoms with van der Waals surface area (Å²) in [6.07, 6.45) is 1.58. The van der Waals surface area contributed by atoms with Gasteiger partial charge in [0.15, 0.2) is 5.69 Å². The van der Waals surface area contributed by atoms with Gasteiger partial charge < -0.3 is 0 Å². The van der Waals surface area contributed by atoms with Crippen molar-refractivity contribution in [3.05, 3.63) is 95.5 Å². The van der Waals surface area contributed by atoms with Crippen LogP contribution in [-0.2, 0) is 0 Å². The van der Waals surface area contributed by atoms with Crippen LogP contribution in [0.1, 0.15) is 5.56 Å². The smallest absolute Gasteiger partial charge is 0.266 e. The zero-order chi connectivity index (χ0) is 19.0. The monoisotopic (exact) mass is 378 g/mol. The summed E-state index contributed by atoms with van der Waals surface area (Å²) in [7, 11) is 0. The van der Waals surface area contributed by atoms with Crippen LogP contribution in [0, 0.1) is 10.1 Å². The number of nitro benzene ring substituents is 1. The second-order valence-electron chi connectivity index (χ2n) is 5.59. The summed E-state index contributed by atoms with van der Waals surface area (Å²) in [5.74, 6) is 0. The number of aromatic nitrogens is 3. The standard InChI is InChI=1S/C18H10N4O4S/c23-16-15(12-4-2-1-3-5-12)20-21-17(24)14(27-18(21)19-16)10-11-6-8-13(9-7-11)22(25)26/h1-10H. The predicted molar refractivity (Wildman–Crippen MR) is 101 cm³/mol. The number of nitrogens with zero attached hydrogens (tertiary/aromatic N) is 4. The first-order valence-electron chi connectivity index (χ1n) is 7.78. The Hall–Kier alpha value is -3.72. The topological polar surface area (TPSA) is 107 Å². The highest BCUT2D eigenvalue weighted by molar-refractivity contribution is 7.15. The molecule has 0 amide bonds. The molecule has 2 aromatic heterocycles. The first kappa shape index (κ1) is 16.7. The van der Waals surface area contributed by atoms with Crippen LogP contribution in [0.25, 0.3) is 22.3 Å². The maximum absolute atomic E-state index is 12.6. The first-order chi connectivity index (χ1) is 13.0. The van der Waals surface area contributed by atoms with Gasteiger partial charge in [-0.1, -0.05) is 41.7 Å². The van der Waals surface area contributed by atoms with Crippen molar-refractivity contribution in [2.75, 3.05) is 0 Å². The summed E-state index contributed by atoms with van der Waals surface area (Å²) in [4.78, 5) is 39.3. The normalized spacial score (nSPS) is 11.8. The first-order valence-corrected chi connectivity index (χ1v) is 8.60. The van der Waals surface area contributed by atoms with Gasteiger partial charge in [0, 0.05) is 17.7 Å². The molecule has 0 saturated carbocycles. The fraction of sp³-hybridized carbons (Fsp3) is 0. The van der Waals surface area contributed by atoms with E-state index in [0.717, 1.165) is 15.9 Å². The third-order valence-electron chi connectivity index (χ3n) is 3.83. The zero-order valence-corrected chi connectivity index (χ0v) is 14.4. The van der Waals surface area contributed by atoms with Crippen molar-refractivity contribution in [3.8, 4) is 11.3 Å². The molecule has 132 valence electrons. The summed E-state index contributed by atoms with van der Waals surface area (Å²) in [6.45, 7) is 0. The molecule has 4 aromatic rings. The maximum Gasteiger partial charge on any atom is 0.300 e. The highest BCUT2D eigenvalue weighted by Gasteiger charge is 2.12. The van der Waals surface area contributed by atoms with E-state index in [0.29, 0.717) is 15.7 Å². The molecule has 0 atom stereocenters. The number of nitro groups is 1. The summed E-state index contributed by atoms with van der Waals surface area (Å²) in [5.41, 5.74) is 0.352. The van der Waals surface area contributed by atoms with Gasteiger partial charge in [-0.3, -0.25) is 19.7 Å². The molecule has 2 heterocycles. The Labute approximate surface area is 154 Å². The lowest BCUT2D eigenvalue weighted by atomic mass is 10.2. The van der Waals surface area contributed by atoms with E-state index in [9.17, 15) is 19.7 Å². The molecular formula is C18H10N4O4S. The van der Waals surface area contributed by atoms with Gasteiger partial charge in [-0.05, 0) is 23.8 Å². The quantitative estimate of drug-likeness (QED) is 0.396. The second-order valence-corrected chi connectivity index (χ2v) is 6.60. The van der Waals surface area contributed by atoms with Crippen LogP contribution in [0.2, 0.25) is 0 Å². The van der Waals surface area contributed by atoms with Crippen molar-refractivity contribution in [3.63, 3.8) is 0 Å². The molecule has 0 saturated heterocycles. The number of benzene rings is 2. The lowest BCUT2D eigenvalue weighted by molar-refractivity contribution is -0.384. The van der Waals surface area contributed by atoms with Gasteiger partial charge in [-0.25, -0.2) is 0 Å². The Morgan fingerprint density at radius 1 is 1.04 bits per heavy atom. The highest BCUT2D eigenvalue weighted by atomic mass is 32.1. The minimum Gasteiger partial charge on any atom is -0.266 e. The Balaban J connectivity index is 1.86. The molecule has 27 heavy (non-hydrogen) atoms. The average Bonchev–Trinajstić information content (AvgIpc) is 2.97. The fourth-order valence-electron chi connectivity index (χ4n) is 2.53. The largest absolute Gasteiger partial charge is 0.300 e. The third kappa shape index (κ3) is 3.11. The van der Waals surface area contributed by atoms with Crippen LogP contribution in [0.15, 0.2) is 64.2 Å². The molecule has 0 spiro atoms. The summed E-state index contributed by atoms with van der Waals surface area (Å²) in [6, 6.07) is 14.6. The van der Waals surface area contributed by atoms with E-state index >= 15 is 0 Å². The van der Waals surface area contributed by atoms with E-state index in [1.807, 2.05) is 6.07 Å². The number of rotatable bonds is 3. The Morgan fingerprint density at radius 3 is 2.41 bits per heavy atom. The van der Waals surface area contributed by atoms with Crippen molar-refractivity contribution in [1.82, 2.24) is 14.6 Å². The minimum absolute atomic E-state index is 0.0351. The zero-order valence-electron chi connectivity index (χ0n) is 13.6. The number of hydrogen-bond donors (Lipinski definition) is 0. The summed E-state index contributed by atoms with van der Waals surface area (Å²) in [5, 5.41) is 14.9. The van der Waals surface area contributed by atoms with E-state index in [2.05, 4.69) is 10.1 Å². The van der Waals surface area contributed by atoms with Gasteiger partial charge in [-0.15, -0.1) is 0 Å². The molecule has 0 bridgehead atoms. The number of thiazole rings is 1. The van der Waals surface area contributed by atoms with E-state index in [1.54, 1.807) is 42.5 Å². The minimum atomic E-state index is -0.510. The van der Waals surface area contributed by atoms with Crippen LogP contribution in [-0.4, -0.2) is 19.5 Å². The van der Waals surface area contributed by atoms with Crippen molar-refractivity contribution < 1.29 is 4.92 Å². The average molecular weight is 378 g/mol. The summed E-state index contributed by atoms with van der Waals surface area (Å²) >= 11 is 1.03. The predicted octanol–water partition coefficient (Wildman–Crippen LogP) is 1.63. The molecule has 0 unspecified atom stereocenters. The molecule has 2 aromatic carbocycles. The Bertz CT molecular complexity index is 1330. The van der Waals surface area contributed by atoms with Gasteiger partial charge in [0.2, 0.25) is 4.96 Å². The molecule has 0 aliphatic carbocycles. The number of hydrogen-bond acceptors (Lipinski definition) is 7. The molecule has 0 aliphatic heterocycles. The lowest BCUT2D eigenvalue weighted by Gasteiger charge is -1.98. The Kier molecular flexibility index (Phi) is 4.05. The van der Waals surface area contributed by atoms with Crippen LogP contribution in [0.5, 0.6) is 0 Å². The third-order valence-corrected chi connectivity index (χ3v) is 4.79. The summed E-state index contributed by atoms with van der Waals surface area (Å²) < 4.78 is 1.43. The van der Waals surface area contributed by atoms with E-state index in [4.69, 9.17) is 0 Å². The van der Waals surface area contributed by atoms with Gasteiger partial charge in [0.25, 0.3) is 11.2 Å². The van der Waals surface area contributed by atoms with E-state index < -0.39 is 16.0 Å². The molecule has 0 aliphatic rings. The van der Waals surface area contributed by atoms with Crippen LogP contribution in [0.3, 0.4) is 0 Å². The van der Waals surface area contributed by atoms with E-state index in [-0.39, 0.29) is 16.3 Å². The van der Waals surface area contributed by atoms with Crippen molar-refractivity contribution in [2.24, 2.45) is 0 Å². The van der Waals surface area contributed by atoms with Crippen LogP contribution in [0.4, 0.5) is 5.69 Å². The van der Waals surface area contributed by atoms with Gasteiger partial charge in [0.1, 0.15) is 0 Å². The SMILES string of the molecule is O=c1nc2sc(=Cc3ccc([N+](=O)[O-])cc3)c(=O)n2nc1-c1ccccc1. The lowest BCUT2D eigenvalue weighted by Crippen LogP contribution is -2.26. The molecule has 0 N–H and O–H groups in total. The molecule has 0 fully saturated rings. The van der Waals surface area contributed by atoms with Crippen LogP contribution >= 0.6 is 11.3 Å². The molecule has 9 heteroatoms. The number of fused-ring (bicyclic) bond motifs is 1. The highest BCUT2D eigenvalue weighted by Crippen LogP contribution is 2.13. The van der Waals surface area contributed by atoms with Crippen molar-refractivity contribution in [2.45, 2.75) is 0 Å². The molecular weight excluding hydrogens is 368 g/mol.